The number of aliphatic hydroxyl groups is 1. The SMILES string of the molecule is OC(Cn1ncnc1-c1ccccc1Cl)c1ccc(F)cc1F. The van der Waals surface area contributed by atoms with Crippen LogP contribution in [-0.4, -0.2) is 19.9 Å². The van der Waals surface area contributed by atoms with E-state index in [2.05, 4.69) is 10.1 Å². The van der Waals surface area contributed by atoms with Crippen LogP contribution in [0.25, 0.3) is 11.4 Å². The van der Waals surface area contributed by atoms with Crippen LogP contribution in [-0.2, 0) is 6.54 Å². The Morgan fingerprint density at radius 2 is 1.96 bits per heavy atom. The van der Waals surface area contributed by atoms with Crippen molar-refractivity contribution in [3.05, 3.63) is 71.0 Å². The lowest BCUT2D eigenvalue weighted by Crippen LogP contribution is -2.13. The van der Waals surface area contributed by atoms with Gasteiger partial charge in [-0.3, -0.25) is 0 Å². The van der Waals surface area contributed by atoms with E-state index in [0.717, 1.165) is 12.1 Å². The van der Waals surface area contributed by atoms with Crippen molar-refractivity contribution in [3.8, 4) is 11.4 Å². The molecule has 3 rings (SSSR count). The Morgan fingerprint density at radius 1 is 1.17 bits per heavy atom. The highest BCUT2D eigenvalue weighted by Crippen LogP contribution is 2.27. The van der Waals surface area contributed by atoms with E-state index >= 15 is 0 Å². The van der Waals surface area contributed by atoms with E-state index in [1.807, 2.05) is 0 Å². The minimum Gasteiger partial charge on any atom is -0.386 e. The molecule has 0 amide bonds. The molecule has 0 aliphatic heterocycles. The lowest BCUT2D eigenvalue weighted by atomic mass is 10.1. The summed E-state index contributed by atoms with van der Waals surface area (Å²) in [4.78, 5) is 4.13. The monoisotopic (exact) mass is 335 g/mol. The number of rotatable bonds is 4. The number of hydrogen-bond donors (Lipinski definition) is 1. The Hall–Kier alpha value is -2.31. The quantitative estimate of drug-likeness (QED) is 0.792. The van der Waals surface area contributed by atoms with Gasteiger partial charge in [0.1, 0.15) is 24.1 Å². The molecule has 1 atom stereocenters. The molecule has 0 radical (unpaired) electrons. The summed E-state index contributed by atoms with van der Waals surface area (Å²) in [5, 5.41) is 14.7. The second kappa shape index (κ2) is 6.44. The van der Waals surface area contributed by atoms with Crippen molar-refractivity contribution in [1.82, 2.24) is 14.8 Å². The molecule has 3 aromatic rings. The van der Waals surface area contributed by atoms with Gasteiger partial charge in [0.25, 0.3) is 0 Å². The van der Waals surface area contributed by atoms with Gasteiger partial charge in [-0.1, -0.05) is 29.8 Å². The van der Waals surface area contributed by atoms with E-state index in [9.17, 15) is 13.9 Å². The summed E-state index contributed by atoms with van der Waals surface area (Å²) in [7, 11) is 0. The maximum absolute atomic E-state index is 13.8. The average molecular weight is 336 g/mol. The normalized spacial score (nSPS) is 12.3. The fraction of sp³-hybridized carbons (Fsp3) is 0.125. The van der Waals surface area contributed by atoms with Crippen molar-refractivity contribution in [1.29, 1.82) is 0 Å². The third-order valence-corrected chi connectivity index (χ3v) is 3.73. The Balaban J connectivity index is 1.90. The van der Waals surface area contributed by atoms with Gasteiger partial charge in [-0.25, -0.2) is 18.4 Å². The lowest BCUT2D eigenvalue weighted by Gasteiger charge is -2.14. The van der Waals surface area contributed by atoms with Crippen LogP contribution >= 0.6 is 11.6 Å². The molecule has 0 aliphatic rings. The van der Waals surface area contributed by atoms with Crippen molar-refractivity contribution in [2.75, 3.05) is 0 Å². The van der Waals surface area contributed by atoms with Gasteiger partial charge < -0.3 is 5.11 Å². The van der Waals surface area contributed by atoms with Crippen LogP contribution in [0, 0.1) is 11.6 Å². The first-order chi connectivity index (χ1) is 11.1. The predicted molar refractivity (Wildman–Crippen MR) is 81.8 cm³/mol. The summed E-state index contributed by atoms with van der Waals surface area (Å²) in [6, 6.07) is 10.1. The van der Waals surface area contributed by atoms with E-state index in [4.69, 9.17) is 11.6 Å². The van der Waals surface area contributed by atoms with Crippen molar-refractivity contribution in [3.63, 3.8) is 0 Å². The van der Waals surface area contributed by atoms with Gasteiger partial charge in [0.05, 0.1) is 11.6 Å². The van der Waals surface area contributed by atoms with Crippen molar-refractivity contribution >= 4 is 11.6 Å². The highest BCUT2D eigenvalue weighted by atomic mass is 35.5. The Bertz CT molecular complexity index is 838. The first kappa shape index (κ1) is 15.6. The molecule has 1 aromatic heterocycles. The van der Waals surface area contributed by atoms with Crippen molar-refractivity contribution in [2.24, 2.45) is 0 Å². The van der Waals surface area contributed by atoms with Gasteiger partial charge in [0.15, 0.2) is 5.82 Å². The number of halogens is 3. The van der Waals surface area contributed by atoms with Gasteiger partial charge in [-0.05, 0) is 18.2 Å². The highest BCUT2D eigenvalue weighted by Gasteiger charge is 2.18. The second-order valence-corrected chi connectivity index (χ2v) is 5.33. The molecule has 1 unspecified atom stereocenters. The zero-order valence-corrected chi connectivity index (χ0v) is 12.6. The molecule has 0 fully saturated rings. The van der Waals surface area contributed by atoms with Crippen LogP contribution in [0.4, 0.5) is 8.78 Å². The molecular weight excluding hydrogens is 324 g/mol. The van der Waals surface area contributed by atoms with Crippen molar-refractivity contribution < 1.29 is 13.9 Å². The molecule has 1 heterocycles. The van der Waals surface area contributed by atoms with Crippen LogP contribution in [0.1, 0.15) is 11.7 Å². The zero-order chi connectivity index (χ0) is 16.4. The van der Waals surface area contributed by atoms with Gasteiger partial charge >= 0.3 is 0 Å². The Morgan fingerprint density at radius 3 is 2.70 bits per heavy atom. The first-order valence-corrected chi connectivity index (χ1v) is 7.20. The Kier molecular flexibility index (Phi) is 4.36. The van der Waals surface area contributed by atoms with Crippen molar-refractivity contribution in [2.45, 2.75) is 12.6 Å². The molecule has 7 heteroatoms. The third-order valence-electron chi connectivity index (χ3n) is 3.40. The second-order valence-electron chi connectivity index (χ2n) is 4.93. The number of aromatic nitrogens is 3. The minimum absolute atomic E-state index is 0.00740. The van der Waals surface area contributed by atoms with E-state index in [-0.39, 0.29) is 12.1 Å². The molecule has 4 nitrogen and oxygen atoms in total. The number of benzene rings is 2. The Labute approximate surface area is 136 Å². The lowest BCUT2D eigenvalue weighted by molar-refractivity contribution is 0.147. The predicted octanol–water partition coefficient (Wildman–Crippen LogP) is 3.61. The van der Waals surface area contributed by atoms with Crippen LogP contribution in [0.5, 0.6) is 0 Å². The molecule has 0 bridgehead atoms. The van der Waals surface area contributed by atoms with Crippen LogP contribution in [0.2, 0.25) is 5.02 Å². The maximum Gasteiger partial charge on any atom is 0.159 e. The molecule has 23 heavy (non-hydrogen) atoms. The molecule has 2 aromatic carbocycles. The van der Waals surface area contributed by atoms with Gasteiger partial charge in [-0.2, -0.15) is 5.10 Å². The van der Waals surface area contributed by atoms with Gasteiger partial charge in [0.2, 0.25) is 0 Å². The van der Waals surface area contributed by atoms with Gasteiger partial charge in [-0.15, -0.1) is 0 Å². The summed E-state index contributed by atoms with van der Waals surface area (Å²) in [6.45, 7) is -0.0386. The number of nitrogens with zero attached hydrogens (tertiary/aromatic N) is 3. The number of aliphatic hydroxyl groups excluding tert-OH is 1. The van der Waals surface area contributed by atoms with Crippen LogP contribution in [0.15, 0.2) is 48.8 Å². The summed E-state index contributed by atoms with van der Waals surface area (Å²) in [6.07, 6.45) is 0.130. The minimum atomic E-state index is -1.20. The summed E-state index contributed by atoms with van der Waals surface area (Å²) in [5.74, 6) is -1.05. The fourth-order valence-corrected chi connectivity index (χ4v) is 2.50. The zero-order valence-electron chi connectivity index (χ0n) is 11.8. The smallest absolute Gasteiger partial charge is 0.159 e. The topological polar surface area (TPSA) is 50.9 Å². The molecule has 0 spiro atoms. The summed E-state index contributed by atoms with van der Waals surface area (Å²) < 4.78 is 28.1. The summed E-state index contributed by atoms with van der Waals surface area (Å²) >= 11 is 6.14. The van der Waals surface area contributed by atoms with E-state index in [1.165, 1.54) is 17.1 Å². The average Bonchev–Trinajstić information content (AvgIpc) is 2.95. The van der Waals surface area contributed by atoms with E-state index < -0.39 is 17.7 Å². The standard InChI is InChI=1S/C16H12ClF2N3O/c17-13-4-2-1-3-11(13)16-20-9-21-22(16)8-15(23)12-6-5-10(18)7-14(12)19/h1-7,9,15,23H,8H2. The molecule has 0 saturated heterocycles. The molecular formula is C16H12ClF2N3O. The van der Waals surface area contributed by atoms with Crippen LogP contribution in [0.3, 0.4) is 0 Å². The highest BCUT2D eigenvalue weighted by molar-refractivity contribution is 6.33. The molecule has 0 saturated carbocycles. The fourth-order valence-electron chi connectivity index (χ4n) is 2.28. The summed E-state index contributed by atoms with van der Waals surface area (Å²) in [5.41, 5.74) is 0.644. The molecule has 1 N–H and O–H groups in total. The molecule has 0 aliphatic carbocycles. The first-order valence-electron chi connectivity index (χ1n) is 6.82. The number of hydrogen-bond acceptors (Lipinski definition) is 3. The van der Waals surface area contributed by atoms with Crippen LogP contribution < -0.4 is 0 Å². The maximum atomic E-state index is 13.8. The van der Waals surface area contributed by atoms with Gasteiger partial charge in [0, 0.05) is 17.2 Å². The van der Waals surface area contributed by atoms with E-state index in [0.29, 0.717) is 16.4 Å². The van der Waals surface area contributed by atoms with E-state index in [1.54, 1.807) is 24.3 Å². The third kappa shape index (κ3) is 3.23. The largest absolute Gasteiger partial charge is 0.386 e. The molecule has 118 valence electrons.